The molecule has 0 unspecified atom stereocenters. The van der Waals surface area contributed by atoms with E-state index in [2.05, 4.69) is 10.6 Å². The molecule has 4 rings (SSSR count). The lowest BCUT2D eigenvalue weighted by Crippen LogP contribution is -2.54. The van der Waals surface area contributed by atoms with E-state index in [0.29, 0.717) is 25.1 Å². The highest BCUT2D eigenvalue weighted by atomic mass is 16.2. The van der Waals surface area contributed by atoms with Crippen molar-refractivity contribution in [2.75, 3.05) is 18.4 Å². The lowest BCUT2D eigenvalue weighted by atomic mass is 9.73. The molecule has 2 atom stereocenters. The summed E-state index contributed by atoms with van der Waals surface area (Å²) < 4.78 is 0. The van der Waals surface area contributed by atoms with Crippen molar-refractivity contribution in [1.82, 2.24) is 15.1 Å². The fourth-order valence-corrected chi connectivity index (χ4v) is 4.82. The molecule has 0 aromatic heterocycles. The van der Waals surface area contributed by atoms with Crippen LogP contribution in [0.5, 0.6) is 0 Å². The Labute approximate surface area is 176 Å². The Bertz CT molecular complexity index is 886. The van der Waals surface area contributed by atoms with E-state index in [1.807, 2.05) is 25.1 Å². The molecular weight excluding hydrogens is 384 g/mol. The molecule has 1 aliphatic carbocycles. The molecule has 8 heteroatoms. The average Bonchev–Trinajstić information content (AvgIpc) is 3.21. The number of carbonyl (C=O) groups excluding carboxylic acids is 4. The van der Waals surface area contributed by atoms with Gasteiger partial charge in [-0.1, -0.05) is 31.9 Å². The lowest BCUT2D eigenvalue weighted by Gasteiger charge is -2.36. The predicted molar refractivity (Wildman–Crippen MR) is 110 cm³/mol. The number of benzene rings is 1. The van der Waals surface area contributed by atoms with Crippen molar-refractivity contribution in [3.05, 3.63) is 29.8 Å². The van der Waals surface area contributed by atoms with Crippen molar-refractivity contribution in [3.8, 4) is 0 Å². The Hall–Kier alpha value is -2.90. The normalized spacial score (nSPS) is 26.4. The number of likely N-dealkylation sites (tertiary alicyclic amines) is 1. The first-order valence-corrected chi connectivity index (χ1v) is 10.7. The highest BCUT2D eigenvalue weighted by Gasteiger charge is 2.55. The van der Waals surface area contributed by atoms with Gasteiger partial charge in [-0.25, -0.2) is 4.79 Å². The highest BCUT2D eigenvalue weighted by molar-refractivity contribution is 6.10. The predicted octanol–water partition coefficient (Wildman–Crippen LogP) is 2.25. The molecule has 160 valence electrons. The van der Waals surface area contributed by atoms with E-state index in [-0.39, 0.29) is 24.3 Å². The van der Waals surface area contributed by atoms with E-state index >= 15 is 0 Å². The molecule has 2 saturated heterocycles. The zero-order valence-corrected chi connectivity index (χ0v) is 17.3. The average molecular weight is 412 g/mol. The summed E-state index contributed by atoms with van der Waals surface area (Å²) >= 11 is 0. The molecule has 5 amide bonds. The summed E-state index contributed by atoms with van der Waals surface area (Å²) in [5.41, 5.74) is 0.641. The molecule has 1 aromatic rings. The molecule has 2 aliphatic heterocycles. The van der Waals surface area contributed by atoms with Crippen molar-refractivity contribution in [3.63, 3.8) is 0 Å². The van der Waals surface area contributed by atoms with Gasteiger partial charge < -0.3 is 15.5 Å². The minimum Gasteiger partial charge on any atom is -0.338 e. The zero-order chi connectivity index (χ0) is 21.3. The van der Waals surface area contributed by atoms with Gasteiger partial charge in [0, 0.05) is 25.2 Å². The van der Waals surface area contributed by atoms with E-state index in [1.54, 1.807) is 11.0 Å². The minimum absolute atomic E-state index is 0.0562. The largest absolute Gasteiger partial charge is 0.338 e. The summed E-state index contributed by atoms with van der Waals surface area (Å²) in [6.45, 7) is 2.93. The summed E-state index contributed by atoms with van der Waals surface area (Å²) in [4.78, 5) is 52.7. The number of nitrogens with one attached hydrogen (secondary N) is 2. The first-order valence-electron chi connectivity index (χ1n) is 10.7. The summed E-state index contributed by atoms with van der Waals surface area (Å²) in [7, 11) is 0. The molecule has 0 radical (unpaired) electrons. The number of rotatable bonds is 5. The van der Waals surface area contributed by atoms with Gasteiger partial charge in [0.05, 0.1) is 0 Å². The zero-order valence-electron chi connectivity index (χ0n) is 17.3. The smallest absolute Gasteiger partial charge is 0.325 e. The quantitative estimate of drug-likeness (QED) is 0.725. The number of urea groups is 1. The first-order chi connectivity index (χ1) is 14.4. The molecule has 30 heavy (non-hydrogen) atoms. The van der Waals surface area contributed by atoms with Crippen LogP contribution in [0.2, 0.25) is 0 Å². The number of hydrogen-bond donors (Lipinski definition) is 2. The Balaban J connectivity index is 1.39. The second kappa shape index (κ2) is 8.08. The Kier molecular flexibility index (Phi) is 5.49. The molecule has 1 spiro atoms. The van der Waals surface area contributed by atoms with Crippen LogP contribution in [0.4, 0.5) is 10.5 Å². The van der Waals surface area contributed by atoms with Crippen LogP contribution in [-0.2, 0) is 20.9 Å². The van der Waals surface area contributed by atoms with E-state index < -0.39 is 17.5 Å². The van der Waals surface area contributed by atoms with Crippen molar-refractivity contribution in [2.45, 2.75) is 57.5 Å². The monoisotopic (exact) mass is 412 g/mol. The number of imide groups is 1. The Morgan fingerprint density at radius 1 is 1.23 bits per heavy atom. The second-order valence-corrected chi connectivity index (χ2v) is 8.61. The molecule has 2 heterocycles. The van der Waals surface area contributed by atoms with Crippen LogP contribution >= 0.6 is 0 Å². The van der Waals surface area contributed by atoms with Crippen molar-refractivity contribution in [2.24, 2.45) is 5.92 Å². The van der Waals surface area contributed by atoms with E-state index in [9.17, 15) is 19.2 Å². The molecular formula is C22H28N4O4. The third-order valence-corrected chi connectivity index (χ3v) is 6.56. The summed E-state index contributed by atoms with van der Waals surface area (Å²) in [6.07, 6.45) is 4.91. The summed E-state index contributed by atoms with van der Waals surface area (Å²) in [5, 5.41) is 5.63. The van der Waals surface area contributed by atoms with Crippen LogP contribution in [0.3, 0.4) is 0 Å². The SMILES string of the molecule is C[C@@H]1CCCC[C@@]12NC(=O)N(CC(=O)Nc1cccc(CN3CCCC3=O)c1)C2=O. The maximum Gasteiger partial charge on any atom is 0.325 e. The molecule has 3 fully saturated rings. The standard InChI is InChI=1S/C22H28N4O4/c1-15-6-2-3-10-22(15)20(29)26(21(30)24-22)14-18(27)23-17-8-4-7-16(12-17)13-25-11-5-9-19(25)28/h4,7-8,12,15H,2-3,5-6,9-11,13-14H2,1H3,(H,23,27)(H,24,30)/t15-,22-/m1/s1. The van der Waals surface area contributed by atoms with Crippen molar-refractivity contribution >= 4 is 29.4 Å². The van der Waals surface area contributed by atoms with E-state index in [0.717, 1.165) is 42.7 Å². The number of hydrogen-bond acceptors (Lipinski definition) is 4. The van der Waals surface area contributed by atoms with Gasteiger partial charge in [-0.2, -0.15) is 0 Å². The maximum atomic E-state index is 13.0. The fraction of sp³-hybridized carbons (Fsp3) is 0.545. The summed E-state index contributed by atoms with van der Waals surface area (Å²) in [6, 6.07) is 6.81. The number of nitrogens with zero attached hydrogens (tertiary/aromatic N) is 2. The van der Waals surface area contributed by atoms with Gasteiger partial charge in [0.2, 0.25) is 11.8 Å². The van der Waals surface area contributed by atoms with Crippen LogP contribution in [0.1, 0.15) is 51.0 Å². The molecule has 3 aliphatic rings. The third-order valence-electron chi connectivity index (χ3n) is 6.56. The lowest BCUT2D eigenvalue weighted by molar-refractivity contribution is -0.136. The highest BCUT2D eigenvalue weighted by Crippen LogP contribution is 2.38. The third kappa shape index (κ3) is 3.78. The van der Waals surface area contributed by atoms with Gasteiger partial charge in [0.1, 0.15) is 12.1 Å². The molecule has 8 nitrogen and oxygen atoms in total. The summed E-state index contributed by atoms with van der Waals surface area (Å²) in [5.74, 6) is -0.515. The van der Waals surface area contributed by atoms with Crippen LogP contribution in [0.15, 0.2) is 24.3 Å². The van der Waals surface area contributed by atoms with Crippen molar-refractivity contribution < 1.29 is 19.2 Å². The first kappa shape index (κ1) is 20.4. The van der Waals surface area contributed by atoms with Crippen LogP contribution < -0.4 is 10.6 Å². The molecule has 2 N–H and O–H groups in total. The van der Waals surface area contributed by atoms with Gasteiger partial charge in [0.25, 0.3) is 5.91 Å². The van der Waals surface area contributed by atoms with E-state index in [1.165, 1.54) is 0 Å². The van der Waals surface area contributed by atoms with Crippen LogP contribution in [0, 0.1) is 5.92 Å². The molecule has 1 saturated carbocycles. The maximum absolute atomic E-state index is 13.0. The fourth-order valence-electron chi connectivity index (χ4n) is 4.82. The molecule has 0 bridgehead atoms. The van der Waals surface area contributed by atoms with Gasteiger partial charge in [0.15, 0.2) is 0 Å². The Morgan fingerprint density at radius 3 is 2.80 bits per heavy atom. The van der Waals surface area contributed by atoms with E-state index in [4.69, 9.17) is 0 Å². The van der Waals surface area contributed by atoms with Gasteiger partial charge >= 0.3 is 6.03 Å². The number of carbonyl (C=O) groups is 4. The number of anilines is 1. The topological polar surface area (TPSA) is 98.8 Å². The number of amides is 5. The van der Waals surface area contributed by atoms with Gasteiger partial charge in [-0.05, 0) is 42.9 Å². The molecule has 1 aromatic carbocycles. The van der Waals surface area contributed by atoms with Crippen LogP contribution in [-0.4, -0.2) is 52.2 Å². The van der Waals surface area contributed by atoms with Gasteiger partial charge in [-0.15, -0.1) is 0 Å². The van der Waals surface area contributed by atoms with Gasteiger partial charge in [-0.3, -0.25) is 19.3 Å². The second-order valence-electron chi connectivity index (χ2n) is 8.61. The Morgan fingerprint density at radius 2 is 2.07 bits per heavy atom. The van der Waals surface area contributed by atoms with Crippen molar-refractivity contribution in [1.29, 1.82) is 0 Å². The minimum atomic E-state index is -0.863. The van der Waals surface area contributed by atoms with Crippen LogP contribution in [0.25, 0.3) is 0 Å².